The molecule has 0 aliphatic carbocycles. The molecule has 2 aromatic rings. The standard InChI is InChI=1S/C12H13BrN4O2S/c1-8(9-3-2-4-15-6-9)17-20(18,19)11-5-10(13)7-16-12(11)14/h2-8,17H,1H3,(H2,14,16). The highest BCUT2D eigenvalue weighted by molar-refractivity contribution is 9.10. The Kier molecular flexibility index (Phi) is 4.36. The number of rotatable bonds is 4. The molecule has 106 valence electrons. The third kappa shape index (κ3) is 3.33. The number of hydrogen-bond donors (Lipinski definition) is 2. The first-order valence-electron chi connectivity index (χ1n) is 5.73. The maximum atomic E-state index is 12.3. The zero-order valence-electron chi connectivity index (χ0n) is 10.6. The van der Waals surface area contributed by atoms with E-state index in [1.807, 2.05) is 0 Å². The van der Waals surface area contributed by atoms with Crippen LogP contribution in [0, 0.1) is 0 Å². The topological polar surface area (TPSA) is 98.0 Å². The van der Waals surface area contributed by atoms with Crippen LogP contribution in [0.3, 0.4) is 0 Å². The van der Waals surface area contributed by atoms with Crippen LogP contribution < -0.4 is 10.5 Å². The molecule has 0 saturated carbocycles. The largest absolute Gasteiger partial charge is 0.383 e. The molecule has 8 heteroatoms. The molecule has 1 atom stereocenters. The van der Waals surface area contributed by atoms with Gasteiger partial charge in [-0.15, -0.1) is 0 Å². The Labute approximate surface area is 125 Å². The van der Waals surface area contributed by atoms with Crippen molar-refractivity contribution in [2.75, 3.05) is 5.73 Å². The van der Waals surface area contributed by atoms with E-state index in [4.69, 9.17) is 5.73 Å². The minimum Gasteiger partial charge on any atom is -0.383 e. The van der Waals surface area contributed by atoms with E-state index in [-0.39, 0.29) is 10.7 Å². The molecule has 2 aromatic heterocycles. The van der Waals surface area contributed by atoms with Crippen LogP contribution in [0.2, 0.25) is 0 Å². The van der Waals surface area contributed by atoms with E-state index in [0.717, 1.165) is 5.56 Å². The quantitative estimate of drug-likeness (QED) is 0.870. The highest BCUT2D eigenvalue weighted by atomic mass is 79.9. The SMILES string of the molecule is CC(NS(=O)(=O)c1cc(Br)cnc1N)c1cccnc1. The van der Waals surface area contributed by atoms with Gasteiger partial charge in [-0.25, -0.2) is 18.1 Å². The minimum atomic E-state index is -3.76. The van der Waals surface area contributed by atoms with Crippen molar-refractivity contribution in [2.45, 2.75) is 17.9 Å². The maximum Gasteiger partial charge on any atom is 0.244 e. The van der Waals surface area contributed by atoms with Crippen molar-refractivity contribution in [1.82, 2.24) is 14.7 Å². The summed E-state index contributed by atoms with van der Waals surface area (Å²) in [6.07, 6.45) is 4.68. The van der Waals surface area contributed by atoms with E-state index >= 15 is 0 Å². The summed E-state index contributed by atoms with van der Waals surface area (Å²) in [6.45, 7) is 1.73. The number of nitrogens with one attached hydrogen (secondary N) is 1. The summed E-state index contributed by atoms with van der Waals surface area (Å²) in [5.41, 5.74) is 6.39. The van der Waals surface area contributed by atoms with Crippen molar-refractivity contribution in [3.63, 3.8) is 0 Å². The summed E-state index contributed by atoms with van der Waals surface area (Å²) >= 11 is 3.18. The summed E-state index contributed by atoms with van der Waals surface area (Å²) in [7, 11) is -3.76. The zero-order chi connectivity index (χ0) is 14.8. The summed E-state index contributed by atoms with van der Waals surface area (Å²) in [6, 6.07) is 4.53. The fraction of sp³-hybridized carbons (Fsp3) is 0.167. The Morgan fingerprint density at radius 2 is 2.15 bits per heavy atom. The van der Waals surface area contributed by atoms with Gasteiger partial charge in [0.1, 0.15) is 10.7 Å². The first kappa shape index (κ1) is 14.9. The van der Waals surface area contributed by atoms with E-state index in [1.165, 1.54) is 12.3 Å². The summed E-state index contributed by atoms with van der Waals surface area (Å²) in [5.74, 6) is -0.0425. The normalized spacial score (nSPS) is 13.1. The van der Waals surface area contributed by atoms with Gasteiger partial charge in [0.05, 0.1) is 0 Å². The third-order valence-electron chi connectivity index (χ3n) is 2.65. The molecular weight excluding hydrogens is 344 g/mol. The molecule has 0 saturated heterocycles. The van der Waals surface area contributed by atoms with Crippen molar-refractivity contribution in [2.24, 2.45) is 0 Å². The minimum absolute atomic E-state index is 0.0425. The van der Waals surface area contributed by atoms with Crippen LogP contribution in [0.25, 0.3) is 0 Å². The molecule has 0 amide bonds. The number of hydrogen-bond acceptors (Lipinski definition) is 5. The summed E-state index contributed by atoms with van der Waals surface area (Å²) < 4.78 is 27.7. The van der Waals surface area contributed by atoms with Gasteiger partial charge in [-0.2, -0.15) is 0 Å². The van der Waals surface area contributed by atoms with E-state index in [9.17, 15) is 8.42 Å². The summed E-state index contributed by atoms with van der Waals surface area (Å²) in [5, 5.41) is 0. The molecule has 2 rings (SSSR count). The van der Waals surface area contributed by atoms with Crippen molar-refractivity contribution < 1.29 is 8.42 Å². The second kappa shape index (κ2) is 5.86. The first-order valence-corrected chi connectivity index (χ1v) is 8.01. The van der Waals surface area contributed by atoms with Gasteiger partial charge < -0.3 is 5.73 Å². The lowest BCUT2D eigenvalue weighted by Crippen LogP contribution is -2.27. The van der Waals surface area contributed by atoms with Crippen molar-refractivity contribution in [3.05, 3.63) is 46.8 Å². The van der Waals surface area contributed by atoms with Gasteiger partial charge >= 0.3 is 0 Å². The van der Waals surface area contributed by atoms with Gasteiger partial charge in [0.15, 0.2) is 0 Å². The number of anilines is 1. The van der Waals surface area contributed by atoms with Gasteiger partial charge in [0.25, 0.3) is 0 Å². The zero-order valence-corrected chi connectivity index (χ0v) is 13.0. The number of aromatic nitrogens is 2. The average Bonchev–Trinajstić information content (AvgIpc) is 2.42. The molecule has 3 N–H and O–H groups in total. The molecule has 0 aliphatic rings. The Morgan fingerprint density at radius 3 is 2.80 bits per heavy atom. The van der Waals surface area contributed by atoms with E-state index in [0.29, 0.717) is 4.47 Å². The molecule has 0 bridgehead atoms. The molecule has 0 aromatic carbocycles. The molecule has 6 nitrogen and oxygen atoms in total. The lowest BCUT2D eigenvalue weighted by atomic mass is 10.2. The molecule has 1 unspecified atom stereocenters. The lowest BCUT2D eigenvalue weighted by Gasteiger charge is -2.15. The second-order valence-corrected chi connectivity index (χ2v) is 6.76. The fourth-order valence-corrected chi connectivity index (χ4v) is 3.46. The fourth-order valence-electron chi connectivity index (χ4n) is 1.64. The van der Waals surface area contributed by atoms with Gasteiger partial charge in [-0.1, -0.05) is 6.07 Å². The molecule has 2 heterocycles. The monoisotopic (exact) mass is 356 g/mol. The molecular formula is C12H13BrN4O2S. The van der Waals surface area contributed by atoms with Crippen LogP contribution in [0.1, 0.15) is 18.5 Å². The predicted octanol–water partition coefficient (Wildman–Crippen LogP) is 1.86. The van der Waals surface area contributed by atoms with Crippen LogP contribution >= 0.6 is 15.9 Å². The number of halogens is 1. The van der Waals surface area contributed by atoms with Crippen LogP contribution in [0.5, 0.6) is 0 Å². The van der Waals surface area contributed by atoms with Crippen LogP contribution in [-0.2, 0) is 10.0 Å². The van der Waals surface area contributed by atoms with Crippen LogP contribution in [0.4, 0.5) is 5.82 Å². The van der Waals surface area contributed by atoms with Gasteiger partial charge in [-0.3, -0.25) is 4.98 Å². The van der Waals surface area contributed by atoms with Gasteiger partial charge in [-0.05, 0) is 40.5 Å². The van der Waals surface area contributed by atoms with Crippen LogP contribution in [-0.4, -0.2) is 18.4 Å². The Bertz CT molecular complexity index is 707. The van der Waals surface area contributed by atoms with E-state index < -0.39 is 16.1 Å². The Morgan fingerprint density at radius 1 is 1.40 bits per heavy atom. The number of nitrogens with zero attached hydrogens (tertiary/aromatic N) is 2. The highest BCUT2D eigenvalue weighted by Gasteiger charge is 2.22. The second-order valence-electron chi connectivity index (χ2n) is 4.17. The van der Waals surface area contributed by atoms with E-state index in [1.54, 1.807) is 31.5 Å². The number of nitrogens with two attached hydrogens (primary N) is 1. The van der Waals surface area contributed by atoms with Crippen LogP contribution in [0.15, 0.2) is 46.2 Å². The Hall–Kier alpha value is -1.51. The van der Waals surface area contributed by atoms with Crippen molar-refractivity contribution in [1.29, 1.82) is 0 Å². The molecule has 20 heavy (non-hydrogen) atoms. The Balaban J connectivity index is 2.30. The molecule has 0 radical (unpaired) electrons. The first-order chi connectivity index (χ1) is 9.40. The molecule has 0 fully saturated rings. The maximum absolute atomic E-state index is 12.3. The highest BCUT2D eigenvalue weighted by Crippen LogP contribution is 2.22. The molecule has 0 aliphatic heterocycles. The summed E-state index contributed by atoms with van der Waals surface area (Å²) in [4.78, 5) is 7.73. The number of sulfonamides is 1. The average molecular weight is 357 g/mol. The lowest BCUT2D eigenvalue weighted by molar-refractivity contribution is 0.566. The van der Waals surface area contributed by atoms with E-state index in [2.05, 4.69) is 30.6 Å². The predicted molar refractivity (Wildman–Crippen MR) is 79.3 cm³/mol. The molecule has 0 spiro atoms. The number of nitrogen functional groups attached to an aromatic ring is 1. The van der Waals surface area contributed by atoms with Crippen molar-refractivity contribution >= 4 is 31.8 Å². The smallest absolute Gasteiger partial charge is 0.244 e. The van der Waals surface area contributed by atoms with Gasteiger partial charge in [0.2, 0.25) is 10.0 Å². The number of pyridine rings is 2. The van der Waals surface area contributed by atoms with Crippen molar-refractivity contribution in [3.8, 4) is 0 Å². The third-order valence-corrected chi connectivity index (χ3v) is 4.66. The van der Waals surface area contributed by atoms with Gasteiger partial charge in [0, 0.05) is 29.1 Å².